The van der Waals surface area contributed by atoms with E-state index < -0.39 is 0 Å². The second kappa shape index (κ2) is 7.93. The Morgan fingerprint density at radius 1 is 1.33 bits per heavy atom. The first-order chi connectivity index (χ1) is 10.2. The Bertz CT molecular complexity index is 511. The number of allylic oxidation sites excluding steroid dienone is 1. The molecular formula is C16H21ClN2O2. The number of rotatable bonds is 4. The molecule has 1 aromatic carbocycles. The first-order valence-corrected chi connectivity index (χ1v) is 7.64. The average molecular weight is 309 g/mol. The Kier molecular flexibility index (Phi) is 5.93. The number of amides is 2. The van der Waals surface area contributed by atoms with Crippen molar-refractivity contribution in [2.24, 2.45) is 5.92 Å². The Morgan fingerprint density at radius 3 is 2.76 bits per heavy atom. The molecular weight excluding hydrogens is 288 g/mol. The van der Waals surface area contributed by atoms with Gasteiger partial charge in [-0.25, -0.2) is 4.79 Å². The highest BCUT2D eigenvalue weighted by Gasteiger charge is 2.10. The number of benzene rings is 1. The second-order valence-corrected chi connectivity index (χ2v) is 5.61. The standard InChI is InChI=1S/C16H21ClN2O2/c1-21-15-8-7-13(11-14(15)17)19-16(20)18-10-9-12-5-3-2-4-6-12/h7-12H,2-6H2,1H3,(H2,18,19,20)/b10-9+. The van der Waals surface area contributed by atoms with Crippen molar-refractivity contribution in [1.29, 1.82) is 0 Å². The largest absolute Gasteiger partial charge is 0.495 e. The molecule has 2 N–H and O–H groups in total. The van der Waals surface area contributed by atoms with Crippen LogP contribution < -0.4 is 15.4 Å². The highest BCUT2D eigenvalue weighted by atomic mass is 35.5. The molecule has 1 aromatic rings. The number of anilines is 1. The molecule has 0 radical (unpaired) electrons. The third-order valence-electron chi connectivity index (χ3n) is 3.64. The van der Waals surface area contributed by atoms with E-state index >= 15 is 0 Å². The van der Waals surface area contributed by atoms with Crippen LogP contribution >= 0.6 is 11.6 Å². The van der Waals surface area contributed by atoms with Gasteiger partial charge < -0.3 is 15.4 Å². The van der Waals surface area contributed by atoms with E-state index in [9.17, 15) is 4.79 Å². The van der Waals surface area contributed by atoms with Gasteiger partial charge in [0.05, 0.1) is 12.1 Å². The molecule has 2 rings (SSSR count). The van der Waals surface area contributed by atoms with Crippen molar-refractivity contribution in [1.82, 2.24) is 5.32 Å². The van der Waals surface area contributed by atoms with E-state index in [1.807, 2.05) is 0 Å². The van der Waals surface area contributed by atoms with Gasteiger partial charge in [-0.3, -0.25) is 0 Å². The van der Waals surface area contributed by atoms with E-state index in [0.29, 0.717) is 22.4 Å². The third kappa shape index (κ3) is 4.97. The Hall–Kier alpha value is -1.68. The van der Waals surface area contributed by atoms with Crippen molar-refractivity contribution in [2.45, 2.75) is 32.1 Å². The number of carbonyl (C=O) groups is 1. The van der Waals surface area contributed by atoms with Gasteiger partial charge in [0.2, 0.25) is 0 Å². The van der Waals surface area contributed by atoms with Gasteiger partial charge in [-0.2, -0.15) is 0 Å². The molecule has 2 amide bonds. The topological polar surface area (TPSA) is 50.4 Å². The number of halogens is 1. The van der Waals surface area contributed by atoms with Crippen LogP contribution in [0.15, 0.2) is 30.5 Å². The molecule has 1 fully saturated rings. The molecule has 0 spiro atoms. The normalized spacial score (nSPS) is 15.9. The van der Waals surface area contributed by atoms with Crippen LogP contribution in [0.25, 0.3) is 0 Å². The predicted octanol–water partition coefficient (Wildman–Crippen LogP) is 4.56. The summed E-state index contributed by atoms with van der Waals surface area (Å²) in [6, 6.07) is 4.85. The molecule has 0 unspecified atom stereocenters. The fourth-order valence-corrected chi connectivity index (χ4v) is 2.76. The third-order valence-corrected chi connectivity index (χ3v) is 3.94. The molecule has 21 heavy (non-hydrogen) atoms. The number of carbonyl (C=O) groups excluding carboxylic acids is 1. The molecule has 4 nitrogen and oxygen atoms in total. The van der Waals surface area contributed by atoms with Crippen LogP contribution in [-0.2, 0) is 0 Å². The summed E-state index contributed by atoms with van der Waals surface area (Å²) in [5.41, 5.74) is 0.629. The van der Waals surface area contributed by atoms with Crippen molar-refractivity contribution >= 4 is 23.3 Å². The maximum atomic E-state index is 11.8. The van der Waals surface area contributed by atoms with E-state index in [1.54, 1.807) is 31.5 Å². The number of nitrogens with one attached hydrogen (secondary N) is 2. The second-order valence-electron chi connectivity index (χ2n) is 5.20. The van der Waals surface area contributed by atoms with Crippen molar-refractivity contribution < 1.29 is 9.53 Å². The lowest BCUT2D eigenvalue weighted by molar-refractivity contribution is 0.255. The van der Waals surface area contributed by atoms with Crippen molar-refractivity contribution in [3.63, 3.8) is 0 Å². The maximum absolute atomic E-state index is 11.8. The van der Waals surface area contributed by atoms with Gasteiger partial charge in [0.25, 0.3) is 0 Å². The highest BCUT2D eigenvalue weighted by molar-refractivity contribution is 6.32. The summed E-state index contributed by atoms with van der Waals surface area (Å²) in [4.78, 5) is 11.8. The molecule has 0 heterocycles. The fraction of sp³-hybridized carbons (Fsp3) is 0.438. The molecule has 1 aliphatic carbocycles. The average Bonchev–Trinajstić information content (AvgIpc) is 2.48. The van der Waals surface area contributed by atoms with E-state index in [0.717, 1.165) is 0 Å². The van der Waals surface area contributed by atoms with Gasteiger partial charge in [0.15, 0.2) is 0 Å². The lowest BCUT2D eigenvalue weighted by Crippen LogP contribution is -2.24. The van der Waals surface area contributed by atoms with Crippen LogP contribution in [0.4, 0.5) is 10.5 Å². The van der Waals surface area contributed by atoms with E-state index in [-0.39, 0.29) is 6.03 Å². The molecule has 0 aromatic heterocycles. The SMILES string of the molecule is COc1ccc(NC(=O)N/C=C/C2CCCCC2)cc1Cl. The van der Waals surface area contributed by atoms with Gasteiger partial charge in [0.1, 0.15) is 5.75 Å². The summed E-state index contributed by atoms with van der Waals surface area (Å²) >= 11 is 6.01. The van der Waals surface area contributed by atoms with Crippen LogP contribution in [-0.4, -0.2) is 13.1 Å². The molecule has 114 valence electrons. The lowest BCUT2D eigenvalue weighted by atomic mass is 9.89. The van der Waals surface area contributed by atoms with Crippen LogP contribution in [0.2, 0.25) is 5.02 Å². The number of urea groups is 1. The number of hydrogen-bond acceptors (Lipinski definition) is 2. The molecule has 1 aliphatic rings. The zero-order valence-corrected chi connectivity index (χ0v) is 13.0. The molecule has 0 aliphatic heterocycles. The number of ether oxygens (including phenoxy) is 1. The Morgan fingerprint density at radius 2 is 2.10 bits per heavy atom. The summed E-state index contributed by atoms with van der Waals surface area (Å²) in [7, 11) is 1.55. The van der Waals surface area contributed by atoms with Gasteiger partial charge >= 0.3 is 6.03 Å². The minimum atomic E-state index is -0.275. The first kappa shape index (κ1) is 15.7. The fourth-order valence-electron chi connectivity index (χ4n) is 2.50. The van der Waals surface area contributed by atoms with Crippen LogP contribution in [0.1, 0.15) is 32.1 Å². The summed E-state index contributed by atoms with van der Waals surface area (Å²) in [6.07, 6.45) is 10.1. The summed E-state index contributed by atoms with van der Waals surface area (Å²) in [5, 5.41) is 5.92. The van der Waals surface area contributed by atoms with E-state index in [2.05, 4.69) is 16.7 Å². The smallest absolute Gasteiger partial charge is 0.323 e. The van der Waals surface area contributed by atoms with Crippen molar-refractivity contribution in [3.05, 3.63) is 35.5 Å². The summed E-state index contributed by atoms with van der Waals surface area (Å²) < 4.78 is 5.07. The molecule has 0 atom stereocenters. The Balaban J connectivity index is 1.81. The number of methoxy groups -OCH3 is 1. The van der Waals surface area contributed by atoms with Gasteiger partial charge in [-0.15, -0.1) is 0 Å². The van der Waals surface area contributed by atoms with Gasteiger partial charge in [-0.05, 0) is 37.0 Å². The monoisotopic (exact) mass is 308 g/mol. The first-order valence-electron chi connectivity index (χ1n) is 7.27. The molecule has 1 saturated carbocycles. The predicted molar refractivity (Wildman–Crippen MR) is 85.9 cm³/mol. The van der Waals surface area contributed by atoms with Crippen LogP contribution in [0, 0.1) is 5.92 Å². The van der Waals surface area contributed by atoms with E-state index in [4.69, 9.17) is 16.3 Å². The zero-order valence-electron chi connectivity index (χ0n) is 12.2. The summed E-state index contributed by atoms with van der Waals surface area (Å²) in [5.74, 6) is 1.18. The van der Waals surface area contributed by atoms with Gasteiger partial charge in [0, 0.05) is 11.9 Å². The minimum Gasteiger partial charge on any atom is -0.495 e. The number of hydrogen-bond donors (Lipinski definition) is 2. The quantitative estimate of drug-likeness (QED) is 0.856. The van der Waals surface area contributed by atoms with Crippen molar-refractivity contribution in [3.8, 4) is 5.75 Å². The Labute approximate surface area is 130 Å². The molecule has 5 heteroatoms. The van der Waals surface area contributed by atoms with Gasteiger partial charge in [-0.1, -0.05) is 36.9 Å². The van der Waals surface area contributed by atoms with Crippen LogP contribution in [0.5, 0.6) is 5.75 Å². The molecule has 0 saturated heterocycles. The zero-order chi connectivity index (χ0) is 15.1. The lowest BCUT2D eigenvalue weighted by Gasteiger charge is -2.17. The highest BCUT2D eigenvalue weighted by Crippen LogP contribution is 2.27. The van der Waals surface area contributed by atoms with Crippen LogP contribution in [0.3, 0.4) is 0 Å². The minimum absolute atomic E-state index is 0.275. The summed E-state index contributed by atoms with van der Waals surface area (Å²) in [6.45, 7) is 0. The molecule has 0 bridgehead atoms. The maximum Gasteiger partial charge on any atom is 0.323 e. The van der Waals surface area contributed by atoms with Crippen molar-refractivity contribution in [2.75, 3.05) is 12.4 Å². The van der Waals surface area contributed by atoms with E-state index in [1.165, 1.54) is 32.1 Å².